The summed E-state index contributed by atoms with van der Waals surface area (Å²) in [5.74, 6) is 0. The Hall–Kier alpha value is -0.260. The molecule has 0 aromatic heterocycles. The maximum atomic E-state index is 2.40. The molecule has 0 amide bonds. The van der Waals surface area contributed by atoms with Gasteiger partial charge in [0.15, 0.2) is 0 Å². The highest BCUT2D eigenvalue weighted by molar-refractivity contribution is 5.20. The summed E-state index contributed by atoms with van der Waals surface area (Å²) in [5, 5.41) is 0. The molecule has 26 heavy (non-hydrogen) atoms. The predicted octanol–water partition coefficient (Wildman–Crippen LogP) is 9.55. The second-order valence-corrected chi connectivity index (χ2v) is 13.5. The van der Waals surface area contributed by atoms with Gasteiger partial charge in [-0.15, -0.1) is 0 Å². The normalized spacial score (nSPS) is 15.9. The molecular formula is C26H54. The second kappa shape index (κ2) is 8.00. The molecule has 0 heteroatoms. The maximum Gasteiger partial charge on any atom is -0.0173 e. The molecule has 0 rings (SSSR count). The standard InChI is InChI=1S/C14H30.C12H24/c1-11(2,3)13(7,8)14(9,10)12(4,5)6;1-9(11(3,4)5)10(2)12(6,7)8/h1-10H3;1-8H3/b;10-9-. The van der Waals surface area contributed by atoms with Crippen molar-refractivity contribution in [1.82, 2.24) is 0 Å². The van der Waals surface area contributed by atoms with Crippen LogP contribution in [0, 0.1) is 32.5 Å². The molecule has 0 nitrogen and oxygen atoms in total. The van der Waals surface area contributed by atoms with Crippen LogP contribution in [0.5, 0.6) is 0 Å². The second-order valence-electron chi connectivity index (χ2n) is 13.5. The van der Waals surface area contributed by atoms with Gasteiger partial charge in [-0.2, -0.15) is 0 Å². The van der Waals surface area contributed by atoms with E-state index in [-0.39, 0.29) is 0 Å². The van der Waals surface area contributed by atoms with Gasteiger partial charge < -0.3 is 0 Å². The lowest BCUT2D eigenvalue weighted by molar-refractivity contribution is -0.0790. The topological polar surface area (TPSA) is 0 Å². The minimum atomic E-state index is 0.317. The lowest BCUT2D eigenvalue weighted by Crippen LogP contribution is -2.49. The lowest BCUT2D eigenvalue weighted by Gasteiger charge is -2.57. The fraction of sp³-hybridized carbons (Fsp3) is 0.923. The molecule has 0 saturated carbocycles. The van der Waals surface area contributed by atoms with E-state index in [1.165, 1.54) is 11.1 Å². The highest BCUT2D eigenvalue weighted by Gasteiger charge is 2.50. The minimum absolute atomic E-state index is 0.317. The van der Waals surface area contributed by atoms with Crippen molar-refractivity contribution < 1.29 is 0 Å². The number of hydrogen-bond donors (Lipinski definition) is 0. The molecule has 0 heterocycles. The summed E-state index contributed by atoms with van der Waals surface area (Å²) in [4.78, 5) is 0. The van der Waals surface area contributed by atoms with Crippen LogP contribution in [0.4, 0.5) is 0 Å². The SMILES string of the molecule is C/C(=C(\C)C(C)(C)C)C(C)(C)C.CC(C)(C)C(C)(C)C(C)(C)C(C)(C)C. The van der Waals surface area contributed by atoms with E-state index in [0.29, 0.717) is 32.5 Å². The Labute approximate surface area is 168 Å². The zero-order chi connectivity index (χ0) is 22.2. The van der Waals surface area contributed by atoms with Crippen LogP contribution in [0.3, 0.4) is 0 Å². The molecule has 0 aromatic carbocycles. The fourth-order valence-electron chi connectivity index (χ4n) is 3.00. The van der Waals surface area contributed by atoms with Gasteiger partial charge in [0.25, 0.3) is 0 Å². The maximum absolute atomic E-state index is 2.40. The van der Waals surface area contributed by atoms with E-state index < -0.39 is 0 Å². The average Bonchev–Trinajstić information content (AvgIpc) is 2.32. The minimum Gasteiger partial charge on any atom is -0.0685 e. The molecule has 0 atom stereocenters. The first-order valence-electron chi connectivity index (χ1n) is 10.5. The Morgan fingerprint density at radius 2 is 0.500 bits per heavy atom. The molecule has 0 bridgehead atoms. The molecule has 158 valence electrons. The number of allylic oxidation sites excluding steroid dienone is 2. The monoisotopic (exact) mass is 366 g/mol. The average molecular weight is 367 g/mol. The van der Waals surface area contributed by atoms with Gasteiger partial charge in [-0.1, -0.05) is 122 Å². The summed E-state index contributed by atoms with van der Waals surface area (Å²) in [6, 6.07) is 0. The zero-order valence-corrected chi connectivity index (χ0v) is 22.0. The smallest absolute Gasteiger partial charge is 0.0173 e. The number of hydrogen-bond acceptors (Lipinski definition) is 0. The largest absolute Gasteiger partial charge is 0.0685 e. The number of rotatable bonds is 1. The molecule has 0 radical (unpaired) electrons. The van der Waals surface area contributed by atoms with Crippen LogP contribution in [0.15, 0.2) is 11.1 Å². The molecule has 0 aromatic rings. The van der Waals surface area contributed by atoms with Crippen molar-refractivity contribution in [3.05, 3.63) is 11.1 Å². The molecule has 0 fully saturated rings. The van der Waals surface area contributed by atoms with Gasteiger partial charge in [0.1, 0.15) is 0 Å². The van der Waals surface area contributed by atoms with Gasteiger partial charge in [-0.3, -0.25) is 0 Å². The van der Waals surface area contributed by atoms with E-state index in [9.17, 15) is 0 Å². The molecule has 0 aliphatic rings. The lowest BCUT2D eigenvalue weighted by atomic mass is 9.48. The molecule has 0 aliphatic carbocycles. The predicted molar refractivity (Wildman–Crippen MR) is 124 cm³/mol. The van der Waals surface area contributed by atoms with E-state index in [1.807, 2.05) is 0 Å². The van der Waals surface area contributed by atoms with Crippen molar-refractivity contribution in [3.63, 3.8) is 0 Å². The van der Waals surface area contributed by atoms with Crippen LogP contribution in [0.1, 0.15) is 125 Å². The Balaban J connectivity index is 0. The van der Waals surface area contributed by atoms with Crippen molar-refractivity contribution in [2.45, 2.75) is 125 Å². The van der Waals surface area contributed by atoms with E-state index >= 15 is 0 Å². The molecule has 0 unspecified atom stereocenters. The first-order chi connectivity index (χ1) is 10.8. The van der Waals surface area contributed by atoms with Crippen LogP contribution in [0.25, 0.3) is 0 Å². The van der Waals surface area contributed by atoms with Crippen molar-refractivity contribution in [2.75, 3.05) is 0 Å². The van der Waals surface area contributed by atoms with Crippen molar-refractivity contribution in [2.24, 2.45) is 32.5 Å². The third kappa shape index (κ3) is 6.72. The third-order valence-corrected chi connectivity index (χ3v) is 8.12. The molecular weight excluding hydrogens is 312 g/mol. The highest BCUT2D eigenvalue weighted by Crippen LogP contribution is 2.58. The van der Waals surface area contributed by atoms with Crippen LogP contribution in [0.2, 0.25) is 0 Å². The first-order valence-corrected chi connectivity index (χ1v) is 10.5. The van der Waals surface area contributed by atoms with Gasteiger partial charge >= 0.3 is 0 Å². The highest BCUT2D eigenvalue weighted by atomic mass is 14.6. The van der Waals surface area contributed by atoms with Crippen LogP contribution >= 0.6 is 0 Å². The summed E-state index contributed by atoms with van der Waals surface area (Å²) in [6.07, 6.45) is 0. The Morgan fingerprint density at radius 3 is 0.577 bits per heavy atom. The molecule has 0 N–H and O–H groups in total. The van der Waals surface area contributed by atoms with Crippen molar-refractivity contribution in [1.29, 1.82) is 0 Å². The third-order valence-electron chi connectivity index (χ3n) is 8.12. The van der Waals surface area contributed by atoms with Gasteiger partial charge in [0.05, 0.1) is 0 Å². The first kappa shape index (κ1) is 28.0. The van der Waals surface area contributed by atoms with E-state index in [1.54, 1.807) is 0 Å². The summed E-state index contributed by atoms with van der Waals surface area (Å²) >= 11 is 0. The Morgan fingerprint density at radius 1 is 0.346 bits per heavy atom. The van der Waals surface area contributed by atoms with E-state index in [0.717, 1.165) is 0 Å². The summed E-state index contributed by atoms with van der Waals surface area (Å²) in [6.45, 7) is 41.8. The van der Waals surface area contributed by atoms with E-state index in [4.69, 9.17) is 0 Å². The Bertz CT molecular complexity index is 422. The van der Waals surface area contributed by atoms with Crippen molar-refractivity contribution >= 4 is 0 Å². The van der Waals surface area contributed by atoms with Gasteiger partial charge in [0.2, 0.25) is 0 Å². The zero-order valence-electron chi connectivity index (χ0n) is 22.0. The Kier molecular flexibility index (Phi) is 8.60. The van der Waals surface area contributed by atoms with E-state index in [2.05, 4.69) is 125 Å². The summed E-state index contributed by atoms with van der Waals surface area (Å²) in [7, 11) is 0. The van der Waals surface area contributed by atoms with Gasteiger partial charge in [-0.05, 0) is 46.3 Å². The van der Waals surface area contributed by atoms with Crippen LogP contribution in [-0.4, -0.2) is 0 Å². The molecule has 0 spiro atoms. The fourth-order valence-corrected chi connectivity index (χ4v) is 3.00. The van der Waals surface area contributed by atoms with Crippen LogP contribution < -0.4 is 0 Å². The summed E-state index contributed by atoms with van der Waals surface area (Å²) in [5.41, 5.74) is 4.99. The van der Waals surface area contributed by atoms with Crippen LogP contribution in [-0.2, 0) is 0 Å². The van der Waals surface area contributed by atoms with Gasteiger partial charge in [0, 0.05) is 0 Å². The summed E-state index contributed by atoms with van der Waals surface area (Å²) < 4.78 is 0. The molecule has 0 aliphatic heterocycles. The van der Waals surface area contributed by atoms with Crippen molar-refractivity contribution in [3.8, 4) is 0 Å². The van der Waals surface area contributed by atoms with Gasteiger partial charge in [-0.25, -0.2) is 0 Å². The quantitative estimate of drug-likeness (QED) is 0.405. The molecule has 0 saturated heterocycles.